The summed E-state index contributed by atoms with van der Waals surface area (Å²) in [5.74, 6) is -1.08. The van der Waals surface area contributed by atoms with Crippen LogP contribution in [-0.2, 0) is 26.2 Å². The first-order chi connectivity index (χ1) is 18.9. The summed E-state index contributed by atoms with van der Waals surface area (Å²) in [4.78, 5) is 28.3. The van der Waals surface area contributed by atoms with Gasteiger partial charge in [-0.1, -0.05) is 77.6 Å². The van der Waals surface area contributed by atoms with Crippen LogP contribution in [0.25, 0.3) is 0 Å². The topological polar surface area (TPSA) is 86.8 Å². The molecule has 3 aromatic carbocycles. The molecule has 40 heavy (non-hydrogen) atoms. The van der Waals surface area contributed by atoms with Crippen molar-refractivity contribution in [2.24, 2.45) is 0 Å². The van der Waals surface area contributed by atoms with E-state index in [1.54, 1.807) is 43.3 Å². The van der Waals surface area contributed by atoms with Crippen LogP contribution in [0.15, 0.2) is 71.6 Å². The second-order valence-corrected chi connectivity index (χ2v) is 12.7. The second kappa shape index (κ2) is 13.9. The van der Waals surface area contributed by atoms with E-state index in [-0.39, 0.29) is 28.2 Å². The average Bonchev–Trinajstić information content (AvgIpc) is 2.91. The van der Waals surface area contributed by atoms with E-state index in [2.05, 4.69) is 5.32 Å². The number of nitrogens with zero attached hydrogens (tertiary/aromatic N) is 2. The number of hydrogen-bond donors (Lipinski definition) is 1. The van der Waals surface area contributed by atoms with Crippen LogP contribution in [0.4, 0.5) is 5.69 Å². The lowest BCUT2D eigenvalue weighted by Gasteiger charge is -2.33. The Balaban J connectivity index is 2.09. The Labute approximate surface area is 255 Å². The number of nitrogens with one attached hydrogen (secondary N) is 1. The van der Waals surface area contributed by atoms with Crippen molar-refractivity contribution < 1.29 is 18.0 Å². The van der Waals surface area contributed by atoms with E-state index in [1.807, 2.05) is 13.8 Å². The standard InChI is InChI=1S/C28H29Cl4N3O4S/c1-4-18(2)33-28(37)19(3)34(16-22-23(30)11-8-12-24(22)31)27(36)17-35(26-14-13-20(29)15-25(26)32)40(38,39)21-9-6-5-7-10-21/h5-15,18-19H,4,16-17H2,1-3H3,(H,33,37). The molecule has 2 atom stereocenters. The van der Waals surface area contributed by atoms with E-state index in [0.29, 0.717) is 27.1 Å². The predicted octanol–water partition coefficient (Wildman–Crippen LogP) is 6.83. The number of anilines is 1. The number of hydrogen-bond acceptors (Lipinski definition) is 4. The maximum absolute atomic E-state index is 14.0. The summed E-state index contributed by atoms with van der Waals surface area (Å²) < 4.78 is 28.6. The van der Waals surface area contributed by atoms with E-state index in [4.69, 9.17) is 46.4 Å². The molecule has 0 bridgehead atoms. The van der Waals surface area contributed by atoms with Crippen LogP contribution in [0.3, 0.4) is 0 Å². The molecular weight excluding hydrogens is 616 g/mol. The molecule has 2 unspecified atom stereocenters. The van der Waals surface area contributed by atoms with Crippen LogP contribution >= 0.6 is 46.4 Å². The fraction of sp³-hybridized carbons (Fsp3) is 0.286. The number of carbonyl (C=O) groups excluding carboxylic acids is 2. The summed E-state index contributed by atoms with van der Waals surface area (Å²) in [7, 11) is -4.27. The Hall–Kier alpha value is -2.49. The summed E-state index contributed by atoms with van der Waals surface area (Å²) in [6, 6.07) is 15.7. The third-order valence-electron chi connectivity index (χ3n) is 6.35. The summed E-state index contributed by atoms with van der Waals surface area (Å²) in [6.45, 7) is 4.52. The third kappa shape index (κ3) is 7.62. The minimum absolute atomic E-state index is 0.0306. The van der Waals surface area contributed by atoms with Crippen molar-refractivity contribution in [3.8, 4) is 0 Å². The highest BCUT2D eigenvalue weighted by Gasteiger charge is 2.34. The second-order valence-electron chi connectivity index (χ2n) is 9.14. The van der Waals surface area contributed by atoms with Gasteiger partial charge in [0, 0.05) is 33.2 Å². The molecule has 0 spiro atoms. The predicted molar refractivity (Wildman–Crippen MR) is 162 cm³/mol. The lowest BCUT2D eigenvalue weighted by molar-refractivity contribution is -0.139. The van der Waals surface area contributed by atoms with Crippen LogP contribution in [0.2, 0.25) is 20.1 Å². The number of rotatable bonds is 11. The molecule has 2 amide bonds. The van der Waals surface area contributed by atoms with Gasteiger partial charge in [-0.2, -0.15) is 0 Å². The first kappa shape index (κ1) is 32.0. The number of amides is 2. The van der Waals surface area contributed by atoms with Crippen molar-refractivity contribution in [1.82, 2.24) is 10.2 Å². The van der Waals surface area contributed by atoms with E-state index < -0.39 is 34.4 Å². The Morgan fingerprint density at radius 3 is 2.08 bits per heavy atom. The van der Waals surface area contributed by atoms with Crippen LogP contribution in [-0.4, -0.2) is 43.8 Å². The molecule has 7 nitrogen and oxygen atoms in total. The van der Waals surface area contributed by atoms with Crippen molar-refractivity contribution in [1.29, 1.82) is 0 Å². The van der Waals surface area contributed by atoms with Crippen molar-refractivity contribution in [2.75, 3.05) is 10.8 Å². The molecular formula is C28H29Cl4N3O4S. The highest BCUT2D eigenvalue weighted by Crippen LogP contribution is 2.33. The van der Waals surface area contributed by atoms with E-state index in [1.165, 1.54) is 35.2 Å². The molecule has 0 aliphatic heterocycles. The quantitative estimate of drug-likeness (QED) is 0.248. The minimum Gasteiger partial charge on any atom is -0.352 e. The maximum Gasteiger partial charge on any atom is 0.264 e. The van der Waals surface area contributed by atoms with Gasteiger partial charge in [0.2, 0.25) is 11.8 Å². The van der Waals surface area contributed by atoms with E-state index >= 15 is 0 Å². The molecule has 0 fully saturated rings. The molecule has 0 aliphatic rings. The Kier molecular flexibility index (Phi) is 11.1. The average molecular weight is 645 g/mol. The minimum atomic E-state index is -4.27. The Morgan fingerprint density at radius 1 is 0.875 bits per heavy atom. The molecule has 1 N–H and O–H groups in total. The van der Waals surface area contributed by atoms with Gasteiger partial charge in [0.1, 0.15) is 12.6 Å². The van der Waals surface area contributed by atoms with Crippen LogP contribution in [0.5, 0.6) is 0 Å². The van der Waals surface area contributed by atoms with Gasteiger partial charge in [-0.05, 0) is 62.7 Å². The number of halogens is 4. The molecule has 3 aromatic rings. The molecule has 214 valence electrons. The van der Waals surface area contributed by atoms with E-state index in [9.17, 15) is 18.0 Å². The maximum atomic E-state index is 14.0. The van der Waals surface area contributed by atoms with Crippen molar-refractivity contribution >= 4 is 73.9 Å². The first-order valence-corrected chi connectivity index (χ1v) is 15.4. The van der Waals surface area contributed by atoms with Gasteiger partial charge in [-0.3, -0.25) is 13.9 Å². The first-order valence-electron chi connectivity index (χ1n) is 12.4. The molecule has 0 radical (unpaired) electrons. The Morgan fingerprint density at radius 2 is 1.50 bits per heavy atom. The number of benzene rings is 3. The normalized spacial score (nSPS) is 12.9. The van der Waals surface area contributed by atoms with Gasteiger partial charge in [-0.25, -0.2) is 8.42 Å². The van der Waals surface area contributed by atoms with Crippen LogP contribution in [0, 0.1) is 0 Å². The summed E-state index contributed by atoms with van der Waals surface area (Å²) in [5, 5.41) is 3.79. The fourth-order valence-electron chi connectivity index (χ4n) is 3.82. The molecule has 3 rings (SSSR count). The van der Waals surface area contributed by atoms with Gasteiger partial charge in [0.25, 0.3) is 10.0 Å². The SMILES string of the molecule is CCC(C)NC(=O)C(C)N(Cc1c(Cl)cccc1Cl)C(=O)CN(c1ccc(Cl)cc1Cl)S(=O)(=O)c1ccccc1. The van der Waals surface area contributed by atoms with E-state index in [0.717, 1.165) is 4.31 Å². The molecule has 12 heteroatoms. The number of sulfonamides is 1. The summed E-state index contributed by atoms with van der Waals surface area (Å²) in [5.41, 5.74) is 0.472. The van der Waals surface area contributed by atoms with Crippen molar-refractivity contribution in [3.05, 3.63) is 92.4 Å². The number of carbonyl (C=O) groups is 2. The summed E-state index contributed by atoms with van der Waals surface area (Å²) >= 11 is 25.3. The third-order valence-corrected chi connectivity index (χ3v) is 9.37. The molecule has 0 aromatic heterocycles. The zero-order valence-corrected chi connectivity index (χ0v) is 25.9. The molecule has 0 saturated heterocycles. The van der Waals surface area contributed by atoms with Gasteiger partial charge in [0.05, 0.1) is 15.6 Å². The summed E-state index contributed by atoms with van der Waals surface area (Å²) in [6.07, 6.45) is 0.681. The monoisotopic (exact) mass is 643 g/mol. The van der Waals surface area contributed by atoms with Gasteiger partial charge >= 0.3 is 0 Å². The zero-order valence-electron chi connectivity index (χ0n) is 22.1. The lowest BCUT2D eigenvalue weighted by Crippen LogP contribution is -2.52. The molecule has 0 aliphatic carbocycles. The highest BCUT2D eigenvalue weighted by molar-refractivity contribution is 7.92. The molecule has 0 heterocycles. The Bertz CT molecular complexity index is 1450. The zero-order chi connectivity index (χ0) is 29.6. The smallest absolute Gasteiger partial charge is 0.264 e. The lowest BCUT2D eigenvalue weighted by atomic mass is 10.1. The van der Waals surface area contributed by atoms with Gasteiger partial charge < -0.3 is 10.2 Å². The van der Waals surface area contributed by atoms with Crippen LogP contribution in [0.1, 0.15) is 32.8 Å². The highest BCUT2D eigenvalue weighted by atomic mass is 35.5. The van der Waals surface area contributed by atoms with Gasteiger partial charge in [0.15, 0.2) is 0 Å². The van der Waals surface area contributed by atoms with Crippen LogP contribution < -0.4 is 9.62 Å². The van der Waals surface area contributed by atoms with Crippen molar-refractivity contribution in [2.45, 2.75) is 50.7 Å². The van der Waals surface area contributed by atoms with Gasteiger partial charge in [-0.15, -0.1) is 0 Å². The van der Waals surface area contributed by atoms with Crippen molar-refractivity contribution in [3.63, 3.8) is 0 Å². The molecule has 0 saturated carbocycles. The fourth-order valence-corrected chi connectivity index (χ4v) is 6.35. The largest absolute Gasteiger partial charge is 0.352 e.